The fraction of sp³-hybridized carbons (Fsp3) is 0.542. The average Bonchev–Trinajstić information content (AvgIpc) is 3.48. The van der Waals surface area contributed by atoms with Gasteiger partial charge in [0, 0.05) is 53.1 Å². The van der Waals surface area contributed by atoms with Gasteiger partial charge in [-0.1, -0.05) is 24.2 Å². The standard InChI is InChI=1S/C24H30N6O3S/c1-14-21(34-24(25-14)26-15(2)31)19-12-18-13-30(7-6-17-4-5-17)23(33)20(18)22(27-19)29-10-8-28(9-11-29)16(3)32/h12,17H,4-11,13H2,1-3H3,(H,25,26,31). The highest BCUT2D eigenvalue weighted by Gasteiger charge is 2.35. The first-order chi connectivity index (χ1) is 16.3. The summed E-state index contributed by atoms with van der Waals surface area (Å²) in [6, 6.07) is 2.01. The molecule has 0 aromatic carbocycles. The number of pyridine rings is 1. The van der Waals surface area contributed by atoms with Crippen LogP contribution in [0.25, 0.3) is 10.6 Å². The van der Waals surface area contributed by atoms with E-state index in [0.717, 1.165) is 40.7 Å². The van der Waals surface area contributed by atoms with Gasteiger partial charge in [0.2, 0.25) is 11.8 Å². The number of anilines is 2. The van der Waals surface area contributed by atoms with Gasteiger partial charge in [-0.05, 0) is 30.9 Å². The third-order valence-electron chi connectivity index (χ3n) is 6.79. The molecule has 3 aliphatic rings. The van der Waals surface area contributed by atoms with Gasteiger partial charge in [0.25, 0.3) is 5.91 Å². The van der Waals surface area contributed by atoms with E-state index in [-0.39, 0.29) is 17.7 Å². The molecule has 180 valence electrons. The van der Waals surface area contributed by atoms with E-state index >= 15 is 0 Å². The quantitative estimate of drug-likeness (QED) is 0.680. The number of carbonyl (C=O) groups excluding carboxylic acids is 3. The molecule has 2 aliphatic heterocycles. The summed E-state index contributed by atoms with van der Waals surface area (Å²) in [5, 5.41) is 3.30. The van der Waals surface area contributed by atoms with Crippen molar-refractivity contribution in [2.45, 2.75) is 46.6 Å². The monoisotopic (exact) mass is 482 g/mol. The minimum atomic E-state index is -0.164. The van der Waals surface area contributed by atoms with Crippen molar-refractivity contribution < 1.29 is 14.4 Å². The lowest BCUT2D eigenvalue weighted by Crippen LogP contribution is -2.48. The zero-order valence-corrected chi connectivity index (χ0v) is 20.7. The largest absolute Gasteiger partial charge is 0.352 e. The van der Waals surface area contributed by atoms with Crippen molar-refractivity contribution in [1.29, 1.82) is 0 Å². The number of carbonyl (C=O) groups is 3. The Morgan fingerprint density at radius 2 is 1.88 bits per heavy atom. The van der Waals surface area contributed by atoms with Crippen LogP contribution in [0.5, 0.6) is 0 Å². The molecule has 5 rings (SSSR count). The van der Waals surface area contributed by atoms with Crippen LogP contribution in [0.4, 0.5) is 10.9 Å². The average molecular weight is 483 g/mol. The van der Waals surface area contributed by atoms with E-state index < -0.39 is 0 Å². The first-order valence-electron chi connectivity index (χ1n) is 11.9. The number of piperazine rings is 1. The van der Waals surface area contributed by atoms with Crippen LogP contribution in [0.1, 0.15) is 54.7 Å². The van der Waals surface area contributed by atoms with Gasteiger partial charge in [-0.15, -0.1) is 0 Å². The highest BCUT2D eigenvalue weighted by atomic mass is 32.1. The molecule has 0 radical (unpaired) electrons. The van der Waals surface area contributed by atoms with E-state index in [1.807, 2.05) is 22.8 Å². The van der Waals surface area contributed by atoms with Gasteiger partial charge >= 0.3 is 0 Å². The first-order valence-corrected chi connectivity index (χ1v) is 12.7. The fourth-order valence-corrected chi connectivity index (χ4v) is 5.69. The molecule has 1 N–H and O–H groups in total. The number of aromatic nitrogens is 2. The van der Waals surface area contributed by atoms with Gasteiger partial charge in [0.15, 0.2) is 5.13 Å². The predicted molar refractivity (Wildman–Crippen MR) is 131 cm³/mol. The van der Waals surface area contributed by atoms with Crippen molar-refractivity contribution in [3.63, 3.8) is 0 Å². The third-order valence-corrected chi connectivity index (χ3v) is 7.88. The number of fused-ring (bicyclic) bond motifs is 1. The highest BCUT2D eigenvalue weighted by molar-refractivity contribution is 7.19. The van der Waals surface area contributed by atoms with Gasteiger partial charge in [-0.3, -0.25) is 14.4 Å². The number of thiazole rings is 1. The van der Waals surface area contributed by atoms with Gasteiger partial charge < -0.3 is 20.0 Å². The maximum atomic E-state index is 13.4. The summed E-state index contributed by atoms with van der Waals surface area (Å²) in [5.74, 6) is 1.42. The Bertz CT molecular complexity index is 1150. The summed E-state index contributed by atoms with van der Waals surface area (Å²) < 4.78 is 0. The van der Waals surface area contributed by atoms with Gasteiger partial charge in [-0.2, -0.15) is 0 Å². The van der Waals surface area contributed by atoms with Crippen molar-refractivity contribution in [3.05, 3.63) is 22.9 Å². The van der Waals surface area contributed by atoms with Crippen LogP contribution in [0.2, 0.25) is 0 Å². The topological polar surface area (TPSA) is 98.7 Å². The molecule has 1 saturated carbocycles. The van der Waals surface area contributed by atoms with E-state index in [1.165, 1.54) is 31.1 Å². The van der Waals surface area contributed by atoms with Crippen LogP contribution in [-0.4, -0.2) is 70.2 Å². The zero-order valence-electron chi connectivity index (χ0n) is 19.9. The molecule has 0 spiro atoms. The molecule has 10 heteroatoms. The van der Waals surface area contributed by atoms with Gasteiger partial charge in [0.1, 0.15) is 5.82 Å². The third kappa shape index (κ3) is 4.51. The van der Waals surface area contributed by atoms with Crippen LogP contribution in [0.3, 0.4) is 0 Å². The van der Waals surface area contributed by atoms with Crippen LogP contribution in [-0.2, 0) is 16.1 Å². The lowest BCUT2D eigenvalue weighted by molar-refractivity contribution is -0.129. The number of aryl methyl sites for hydroxylation is 1. The Labute approximate surface area is 203 Å². The molecule has 1 saturated heterocycles. The normalized spacial score (nSPS) is 17.9. The van der Waals surface area contributed by atoms with Crippen LogP contribution >= 0.6 is 11.3 Å². The molecular formula is C24H30N6O3S. The van der Waals surface area contributed by atoms with Crippen molar-refractivity contribution >= 4 is 40.0 Å². The zero-order chi connectivity index (χ0) is 24.0. The molecule has 1 aliphatic carbocycles. The fourth-order valence-electron chi connectivity index (χ4n) is 4.72. The van der Waals surface area contributed by atoms with E-state index in [0.29, 0.717) is 49.2 Å². The van der Waals surface area contributed by atoms with Gasteiger partial charge in [0.05, 0.1) is 21.8 Å². The van der Waals surface area contributed by atoms with Gasteiger partial charge in [-0.25, -0.2) is 9.97 Å². The van der Waals surface area contributed by atoms with E-state index in [4.69, 9.17) is 4.98 Å². The summed E-state index contributed by atoms with van der Waals surface area (Å²) >= 11 is 1.39. The Hall–Kier alpha value is -3.01. The number of nitrogens with zero attached hydrogens (tertiary/aromatic N) is 5. The lowest BCUT2D eigenvalue weighted by atomic mass is 10.1. The molecule has 34 heavy (non-hydrogen) atoms. The molecule has 0 unspecified atom stereocenters. The first kappa shape index (κ1) is 22.8. The summed E-state index contributed by atoms with van der Waals surface area (Å²) in [7, 11) is 0. The minimum Gasteiger partial charge on any atom is -0.352 e. The van der Waals surface area contributed by atoms with Crippen LogP contribution < -0.4 is 10.2 Å². The summed E-state index contributed by atoms with van der Waals surface area (Å²) in [6.45, 7) is 8.82. The molecule has 0 bridgehead atoms. The maximum Gasteiger partial charge on any atom is 0.258 e. The van der Waals surface area contributed by atoms with Crippen LogP contribution in [0, 0.1) is 12.8 Å². The summed E-state index contributed by atoms with van der Waals surface area (Å²) in [5.41, 5.74) is 3.25. The van der Waals surface area contributed by atoms with Crippen molar-refractivity contribution in [3.8, 4) is 10.6 Å². The number of hydrogen-bond donors (Lipinski definition) is 1. The number of amides is 3. The van der Waals surface area contributed by atoms with Crippen molar-refractivity contribution in [2.24, 2.45) is 5.92 Å². The van der Waals surface area contributed by atoms with Crippen molar-refractivity contribution in [1.82, 2.24) is 19.8 Å². The van der Waals surface area contributed by atoms with Crippen molar-refractivity contribution in [2.75, 3.05) is 42.9 Å². The number of hydrogen-bond acceptors (Lipinski definition) is 7. The number of nitrogens with one attached hydrogen (secondary N) is 1. The molecule has 2 aromatic heterocycles. The summed E-state index contributed by atoms with van der Waals surface area (Å²) in [6.07, 6.45) is 3.60. The Morgan fingerprint density at radius 1 is 1.15 bits per heavy atom. The Balaban J connectivity index is 1.50. The maximum absolute atomic E-state index is 13.4. The summed E-state index contributed by atoms with van der Waals surface area (Å²) in [4.78, 5) is 53.0. The lowest BCUT2D eigenvalue weighted by Gasteiger charge is -2.35. The van der Waals surface area contributed by atoms with Crippen LogP contribution in [0.15, 0.2) is 6.07 Å². The Morgan fingerprint density at radius 3 is 2.53 bits per heavy atom. The van der Waals surface area contributed by atoms with E-state index in [1.54, 1.807) is 6.92 Å². The molecule has 3 amide bonds. The molecule has 9 nitrogen and oxygen atoms in total. The second-order valence-corrected chi connectivity index (χ2v) is 10.4. The smallest absolute Gasteiger partial charge is 0.258 e. The van der Waals surface area contributed by atoms with E-state index in [2.05, 4.69) is 15.2 Å². The molecule has 4 heterocycles. The minimum absolute atomic E-state index is 0.0543. The second kappa shape index (κ2) is 8.98. The number of rotatable bonds is 6. The predicted octanol–water partition coefficient (Wildman–Crippen LogP) is 2.90. The molecule has 0 atom stereocenters. The molecule has 2 aromatic rings. The molecular weight excluding hydrogens is 452 g/mol. The molecule has 2 fully saturated rings. The van der Waals surface area contributed by atoms with E-state index in [9.17, 15) is 14.4 Å². The SMILES string of the molecule is CC(=O)Nc1nc(C)c(-c2cc3c(c(N4CCN(C(C)=O)CC4)n2)C(=O)N(CCC2CC2)C3)s1. The highest BCUT2D eigenvalue weighted by Crippen LogP contribution is 2.39. The Kier molecular flexibility index (Phi) is 6.01. The second-order valence-electron chi connectivity index (χ2n) is 9.43.